The van der Waals surface area contributed by atoms with Gasteiger partial charge in [0.05, 0.1) is 0 Å². The zero-order chi connectivity index (χ0) is 12.8. The average Bonchev–Trinajstić information content (AvgIpc) is 2.33. The highest BCUT2D eigenvalue weighted by Gasteiger charge is 1.98. The van der Waals surface area contributed by atoms with E-state index in [1.54, 1.807) is 7.11 Å². The first-order valence-electron chi connectivity index (χ1n) is 7.04. The quantitative estimate of drug-likeness (QED) is 0.375. The minimum atomic E-state index is 0.887. The van der Waals surface area contributed by atoms with Gasteiger partial charge in [-0.25, -0.2) is 0 Å². The second kappa shape index (κ2) is 14.5. The molecule has 0 saturated carbocycles. The molecule has 0 aliphatic heterocycles. The summed E-state index contributed by atoms with van der Waals surface area (Å²) in [7, 11) is 3.99. The maximum absolute atomic E-state index is 5.05. The fourth-order valence-electron chi connectivity index (χ4n) is 1.95. The normalized spacial score (nSPS) is 11.3. The average molecular weight is 308 g/mol. The van der Waals surface area contributed by atoms with Crippen molar-refractivity contribution in [3.63, 3.8) is 0 Å². The number of hydrogen-bond donors (Lipinski definition) is 0. The number of unbranched alkanes of at least 4 members (excludes halogenated alkanes) is 6. The second-order valence-corrected chi connectivity index (χ2v) is 5.61. The molecule has 0 fully saturated rings. The lowest BCUT2D eigenvalue weighted by Gasteiger charge is -2.15. The molecule has 104 valence electrons. The van der Waals surface area contributed by atoms with Gasteiger partial charge in [-0.1, -0.05) is 48.0 Å². The van der Waals surface area contributed by atoms with Crippen LogP contribution in [0.15, 0.2) is 0 Å². The molecule has 2 nitrogen and oxygen atoms in total. The van der Waals surface area contributed by atoms with Gasteiger partial charge in [0, 0.05) is 25.6 Å². The van der Waals surface area contributed by atoms with Crippen LogP contribution in [0.1, 0.15) is 51.4 Å². The van der Waals surface area contributed by atoms with Gasteiger partial charge in [-0.3, -0.25) is 0 Å². The standard InChI is InChI=1S/C14H30BrNO/c1-16(13-10-14-17-2)12-9-7-5-3-4-6-8-11-15/h3-14H2,1-2H3. The van der Waals surface area contributed by atoms with Crippen LogP contribution in [0.4, 0.5) is 0 Å². The highest BCUT2D eigenvalue weighted by atomic mass is 79.9. The molecule has 0 atom stereocenters. The smallest absolute Gasteiger partial charge is 0.0474 e. The van der Waals surface area contributed by atoms with Crippen molar-refractivity contribution in [2.75, 3.05) is 39.2 Å². The van der Waals surface area contributed by atoms with Crippen molar-refractivity contribution < 1.29 is 4.74 Å². The molecule has 3 heteroatoms. The number of alkyl halides is 1. The van der Waals surface area contributed by atoms with Crippen LogP contribution in [0, 0.1) is 0 Å². The fraction of sp³-hybridized carbons (Fsp3) is 1.00. The SMILES string of the molecule is COCCCN(C)CCCCCCCCCBr. The summed E-state index contributed by atoms with van der Waals surface area (Å²) in [5.74, 6) is 0. The maximum atomic E-state index is 5.05. The molecule has 0 bridgehead atoms. The van der Waals surface area contributed by atoms with Crippen LogP contribution >= 0.6 is 15.9 Å². The van der Waals surface area contributed by atoms with Gasteiger partial charge in [0.2, 0.25) is 0 Å². The van der Waals surface area contributed by atoms with Gasteiger partial charge in [-0.2, -0.15) is 0 Å². The number of rotatable bonds is 13. The molecule has 0 N–H and O–H groups in total. The Morgan fingerprint density at radius 3 is 1.94 bits per heavy atom. The van der Waals surface area contributed by atoms with Crippen molar-refractivity contribution in [2.45, 2.75) is 51.4 Å². The van der Waals surface area contributed by atoms with E-state index in [1.807, 2.05) is 0 Å². The maximum Gasteiger partial charge on any atom is 0.0474 e. The Labute approximate surface area is 116 Å². The van der Waals surface area contributed by atoms with Crippen molar-refractivity contribution in [3.8, 4) is 0 Å². The van der Waals surface area contributed by atoms with Crippen LogP contribution in [0.25, 0.3) is 0 Å². The van der Waals surface area contributed by atoms with E-state index in [0.29, 0.717) is 0 Å². The fourth-order valence-corrected chi connectivity index (χ4v) is 2.35. The molecule has 0 aromatic carbocycles. The number of methoxy groups -OCH3 is 1. The monoisotopic (exact) mass is 307 g/mol. The summed E-state index contributed by atoms with van der Waals surface area (Å²) < 4.78 is 5.05. The molecular formula is C14H30BrNO. The first-order chi connectivity index (χ1) is 8.31. The van der Waals surface area contributed by atoms with Gasteiger partial charge in [0.1, 0.15) is 0 Å². The Morgan fingerprint density at radius 2 is 1.35 bits per heavy atom. The van der Waals surface area contributed by atoms with Gasteiger partial charge in [-0.15, -0.1) is 0 Å². The minimum Gasteiger partial charge on any atom is -0.385 e. The first kappa shape index (κ1) is 17.4. The summed E-state index contributed by atoms with van der Waals surface area (Å²) in [5.41, 5.74) is 0. The van der Waals surface area contributed by atoms with Crippen LogP contribution in [-0.2, 0) is 4.74 Å². The Morgan fingerprint density at radius 1 is 0.824 bits per heavy atom. The van der Waals surface area contributed by atoms with E-state index in [9.17, 15) is 0 Å². The predicted octanol–water partition coefficient (Wildman–Crippen LogP) is 4.08. The van der Waals surface area contributed by atoms with Gasteiger partial charge in [-0.05, 0) is 32.9 Å². The van der Waals surface area contributed by atoms with Crippen LogP contribution in [0.2, 0.25) is 0 Å². The van der Waals surface area contributed by atoms with Crippen molar-refractivity contribution in [2.24, 2.45) is 0 Å². The lowest BCUT2D eigenvalue weighted by molar-refractivity contribution is 0.179. The predicted molar refractivity (Wildman–Crippen MR) is 80.1 cm³/mol. The van der Waals surface area contributed by atoms with Gasteiger partial charge < -0.3 is 9.64 Å². The third-order valence-electron chi connectivity index (χ3n) is 3.06. The van der Waals surface area contributed by atoms with Gasteiger partial charge in [0.15, 0.2) is 0 Å². The molecule has 0 aromatic rings. The van der Waals surface area contributed by atoms with Crippen molar-refractivity contribution >= 4 is 15.9 Å². The second-order valence-electron chi connectivity index (χ2n) is 4.81. The molecule has 0 radical (unpaired) electrons. The lowest BCUT2D eigenvalue weighted by atomic mass is 10.1. The largest absolute Gasteiger partial charge is 0.385 e. The molecule has 0 spiro atoms. The van der Waals surface area contributed by atoms with E-state index in [4.69, 9.17) is 4.74 Å². The molecule has 0 heterocycles. The first-order valence-corrected chi connectivity index (χ1v) is 8.17. The van der Waals surface area contributed by atoms with E-state index in [1.165, 1.54) is 63.4 Å². The van der Waals surface area contributed by atoms with E-state index in [-0.39, 0.29) is 0 Å². The summed E-state index contributed by atoms with van der Waals surface area (Å²) in [4.78, 5) is 2.42. The number of hydrogen-bond acceptors (Lipinski definition) is 2. The molecule has 0 aliphatic carbocycles. The van der Waals surface area contributed by atoms with Crippen molar-refractivity contribution in [3.05, 3.63) is 0 Å². The van der Waals surface area contributed by atoms with E-state index < -0.39 is 0 Å². The van der Waals surface area contributed by atoms with E-state index >= 15 is 0 Å². The van der Waals surface area contributed by atoms with Crippen molar-refractivity contribution in [1.29, 1.82) is 0 Å². The zero-order valence-electron chi connectivity index (χ0n) is 11.7. The molecular weight excluding hydrogens is 278 g/mol. The summed E-state index contributed by atoms with van der Waals surface area (Å²) in [6, 6.07) is 0. The Bertz CT molecular complexity index is 144. The third-order valence-corrected chi connectivity index (χ3v) is 3.62. The van der Waals surface area contributed by atoms with Crippen LogP contribution in [0.5, 0.6) is 0 Å². The molecule has 0 aromatic heterocycles. The molecule has 0 aliphatic rings. The van der Waals surface area contributed by atoms with Crippen LogP contribution in [-0.4, -0.2) is 44.1 Å². The molecule has 0 unspecified atom stereocenters. The number of halogens is 1. The Balaban J connectivity index is 3.05. The van der Waals surface area contributed by atoms with Crippen LogP contribution in [0.3, 0.4) is 0 Å². The topological polar surface area (TPSA) is 12.5 Å². The molecule has 0 amide bonds. The van der Waals surface area contributed by atoms with Gasteiger partial charge in [0.25, 0.3) is 0 Å². The van der Waals surface area contributed by atoms with E-state index in [2.05, 4.69) is 27.9 Å². The third kappa shape index (κ3) is 14.3. The summed E-state index contributed by atoms with van der Waals surface area (Å²) in [6.07, 6.45) is 10.9. The number of ether oxygens (including phenoxy) is 1. The zero-order valence-corrected chi connectivity index (χ0v) is 13.3. The highest BCUT2D eigenvalue weighted by molar-refractivity contribution is 9.09. The highest BCUT2D eigenvalue weighted by Crippen LogP contribution is 2.08. The van der Waals surface area contributed by atoms with Crippen molar-refractivity contribution in [1.82, 2.24) is 4.90 Å². The molecule has 0 saturated heterocycles. The summed E-state index contributed by atoms with van der Waals surface area (Å²) in [5, 5.41) is 1.17. The molecule has 0 rings (SSSR count). The van der Waals surface area contributed by atoms with E-state index in [0.717, 1.165) is 13.0 Å². The number of nitrogens with zero attached hydrogens (tertiary/aromatic N) is 1. The summed E-state index contributed by atoms with van der Waals surface area (Å²) >= 11 is 3.47. The van der Waals surface area contributed by atoms with Crippen LogP contribution < -0.4 is 0 Å². The Hall–Kier alpha value is 0.400. The lowest BCUT2D eigenvalue weighted by Crippen LogP contribution is -2.21. The van der Waals surface area contributed by atoms with Gasteiger partial charge >= 0.3 is 0 Å². The summed E-state index contributed by atoms with van der Waals surface area (Å²) in [6.45, 7) is 3.29. The Kier molecular flexibility index (Phi) is 14.8. The minimum absolute atomic E-state index is 0.887. The molecule has 17 heavy (non-hydrogen) atoms.